The Balaban J connectivity index is 2.02. The number of benzene rings is 2. The molecule has 138 valence electrons. The summed E-state index contributed by atoms with van der Waals surface area (Å²) in [5, 5.41) is 4.90. The van der Waals surface area contributed by atoms with Crippen molar-refractivity contribution in [2.24, 2.45) is 0 Å². The van der Waals surface area contributed by atoms with E-state index in [9.17, 15) is 17.6 Å². The van der Waals surface area contributed by atoms with Crippen LogP contribution < -0.4 is 5.56 Å². The van der Waals surface area contributed by atoms with Gasteiger partial charge in [0.25, 0.3) is 5.56 Å². The maximum atomic E-state index is 13.8. The summed E-state index contributed by atoms with van der Waals surface area (Å²) in [6.07, 6.45) is 0.110. The zero-order valence-corrected chi connectivity index (χ0v) is 15.9. The fourth-order valence-corrected chi connectivity index (χ4v) is 4.79. The van der Waals surface area contributed by atoms with Crippen LogP contribution in [0.3, 0.4) is 0 Å². The quantitative estimate of drug-likeness (QED) is 0.558. The molecule has 0 fully saturated rings. The van der Waals surface area contributed by atoms with Crippen LogP contribution in [0.2, 0.25) is 10.0 Å². The second kappa shape index (κ2) is 6.44. The summed E-state index contributed by atoms with van der Waals surface area (Å²) < 4.78 is 40.0. The molecule has 0 atom stereocenters. The van der Waals surface area contributed by atoms with Crippen LogP contribution in [0.15, 0.2) is 52.2 Å². The van der Waals surface area contributed by atoms with Crippen molar-refractivity contribution in [1.29, 1.82) is 0 Å². The molecule has 0 N–H and O–H groups in total. The molecule has 2 aromatic carbocycles. The van der Waals surface area contributed by atoms with Crippen LogP contribution in [0, 0.1) is 5.82 Å². The van der Waals surface area contributed by atoms with E-state index in [0.29, 0.717) is 16.3 Å². The lowest BCUT2D eigenvalue weighted by Crippen LogP contribution is -2.22. The minimum absolute atomic E-state index is 0.00510. The van der Waals surface area contributed by atoms with Crippen molar-refractivity contribution in [1.82, 2.24) is 9.78 Å². The molecule has 9 heteroatoms. The topological polar surface area (TPSA) is 69.0 Å². The van der Waals surface area contributed by atoms with Crippen LogP contribution >= 0.6 is 23.2 Å². The average Bonchev–Trinajstić information content (AvgIpc) is 2.71. The lowest BCUT2D eigenvalue weighted by atomic mass is 10.0. The Morgan fingerprint density at radius 3 is 2.56 bits per heavy atom. The molecular formula is C18H11Cl2FN2O3S. The van der Waals surface area contributed by atoms with Crippen LogP contribution in [-0.4, -0.2) is 24.0 Å². The van der Waals surface area contributed by atoms with Crippen molar-refractivity contribution in [3.8, 4) is 16.9 Å². The maximum Gasteiger partial charge on any atom is 0.271 e. The summed E-state index contributed by atoms with van der Waals surface area (Å²) in [7, 11) is -3.62. The predicted molar refractivity (Wildman–Crippen MR) is 101 cm³/mol. The van der Waals surface area contributed by atoms with Gasteiger partial charge in [-0.15, -0.1) is 0 Å². The van der Waals surface area contributed by atoms with Crippen LogP contribution in [0.25, 0.3) is 16.9 Å². The lowest BCUT2D eigenvalue weighted by Gasteiger charge is -2.12. The molecule has 0 spiro atoms. The Bertz CT molecular complexity index is 1260. The SMILES string of the molecule is O=c1cc2c(nn1-c1ccc(Cl)c(Cl)c1)-c1cc(F)ccc1S(=O)(=O)CC2. The van der Waals surface area contributed by atoms with E-state index < -0.39 is 21.2 Å². The van der Waals surface area contributed by atoms with Crippen molar-refractivity contribution >= 4 is 33.0 Å². The summed E-state index contributed by atoms with van der Waals surface area (Å²) in [5.41, 5.74) is 0.739. The van der Waals surface area contributed by atoms with Gasteiger partial charge in [-0.1, -0.05) is 23.2 Å². The molecule has 0 saturated carbocycles. The van der Waals surface area contributed by atoms with Crippen LogP contribution in [-0.2, 0) is 16.3 Å². The van der Waals surface area contributed by atoms with E-state index in [0.717, 1.165) is 16.8 Å². The number of fused-ring (bicyclic) bond motifs is 3. The number of nitrogens with zero attached hydrogens (tertiary/aromatic N) is 2. The van der Waals surface area contributed by atoms with Gasteiger partial charge in [-0.2, -0.15) is 9.78 Å². The molecule has 5 nitrogen and oxygen atoms in total. The Kier molecular flexibility index (Phi) is 4.33. The summed E-state index contributed by atoms with van der Waals surface area (Å²) >= 11 is 11.9. The third kappa shape index (κ3) is 3.16. The molecule has 0 radical (unpaired) electrons. The van der Waals surface area contributed by atoms with Gasteiger partial charge in [0.1, 0.15) is 5.82 Å². The predicted octanol–water partition coefficient (Wildman–Crippen LogP) is 3.68. The number of aromatic nitrogens is 2. The first-order valence-corrected chi connectivity index (χ1v) is 10.3. The number of aryl methyl sites for hydroxylation is 1. The number of halogens is 3. The van der Waals surface area contributed by atoms with Gasteiger partial charge in [-0.05, 0) is 48.4 Å². The van der Waals surface area contributed by atoms with Crippen molar-refractivity contribution < 1.29 is 12.8 Å². The molecule has 1 aliphatic rings. The molecule has 4 rings (SSSR count). The minimum atomic E-state index is -3.62. The number of hydrogen-bond donors (Lipinski definition) is 0. The number of hydrogen-bond acceptors (Lipinski definition) is 4. The maximum absolute atomic E-state index is 13.8. The normalized spacial score (nSPS) is 14.9. The Morgan fingerprint density at radius 1 is 1.04 bits per heavy atom. The molecule has 1 aliphatic heterocycles. The smallest absolute Gasteiger partial charge is 0.267 e. The average molecular weight is 425 g/mol. The van der Waals surface area contributed by atoms with Gasteiger partial charge in [-0.25, -0.2) is 12.8 Å². The summed E-state index contributed by atoms with van der Waals surface area (Å²) in [5.74, 6) is -0.776. The molecule has 0 bridgehead atoms. The van der Waals surface area contributed by atoms with Gasteiger partial charge >= 0.3 is 0 Å². The zero-order valence-electron chi connectivity index (χ0n) is 13.6. The van der Waals surface area contributed by atoms with Crippen molar-refractivity contribution in [3.63, 3.8) is 0 Å². The third-order valence-corrected chi connectivity index (χ3v) is 6.84. The molecule has 0 saturated heterocycles. The molecule has 27 heavy (non-hydrogen) atoms. The second-order valence-corrected chi connectivity index (χ2v) is 8.97. The van der Waals surface area contributed by atoms with E-state index >= 15 is 0 Å². The largest absolute Gasteiger partial charge is 0.271 e. The monoisotopic (exact) mass is 424 g/mol. The van der Waals surface area contributed by atoms with E-state index in [4.69, 9.17) is 23.2 Å². The Morgan fingerprint density at radius 2 is 1.81 bits per heavy atom. The first-order valence-electron chi connectivity index (χ1n) is 7.87. The highest BCUT2D eigenvalue weighted by Crippen LogP contribution is 2.33. The summed E-state index contributed by atoms with van der Waals surface area (Å²) in [6.45, 7) is 0. The zero-order chi connectivity index (χ0) is 19.3. The Labute approximate surface area is 163 Å². The lowest BCUT2D eigenvalue weighted by molar-refractivity contribution is 0.595. The first-order chi connectivity index (χ1) is 12.8. The third-order valence-electron chi connectivity index (χ3n) is 4.33. The van der Waals surface area contributed by atoms with Gasteiger partial charge in [0.2, 0.25) is 0 Å². The molecule has 0 unspecified atom stereocenters. The van der Waals surface area contributed by atoms with E-state index in [2.05, 4.69) is 5.10 Å². The van der Waals surface area contributed by atoms with Crippen molar-refractivity contribution in [2.75, 3.05) is 5.75 Å². The molecule has 0 amide bonds. The van der Waals surface area contributed by atoms with Crippen LogP contribution in [0.5, 0.6) is 0 Å². The molecule has 1 aromatic heterocycles. The van der Waals surface area contributed by atoms with Gasteiger partial charge < -0.3 is 0 Å². The highest BCUT2D eigenvalue weighted by Gasteiger charge is 2.27. The number of sulfone groups is 1. The van der Waals surface area contributed by atoms with Gasteiger partial charge in [0.15, 0.2) is 9.84 Å². The van der Waals surface area contributed by atoms with E-state index in [1.165, 1.54) is 24.3 Å². The first kappa shape index (κ1) is 18.2. The van der Waals surface area contributed by atoms with Crippen LogP contribution in [0.1, 0.15) is 5.56 Å². The van der Waals surface area contributed by atoms with E-state index in [1.54, 1.807) is 6.07 Å². The van der Waals surface area contributed by atoms with Gasteiger partial charge in [-0.3, -0.25) is 4.79 Å². The highest BCUT2D eigenvalue weighted by atomic mass is 35.5. The second-order valence-electron chi connectivity index (χ2n) is 6.08. The number of rotatable bonds is 1. The van der Waals surface area contributed by atoms with E-state index in [-0.39, 0.29) is 33.3 Å². The standard InChI is InChI=1S/C18H11Cl2FN2O3S/c19-14-3-2-12(9-15(14)20)23-17(24)7-10-5-6-27(25,26)16-4-1-11(21)8-13(16)18(10)22-23/h1-4,7-9H,5-6H2. The molecule has 0 aliphatic carbocycles. The van der Waals surface area contributed by atoms with Crippen molar-refractivity contribution in [3.05, 3.63) is 74.2 Å². The highest BCUT2D eigenvalue weighted by molar-refractivity contribution is 7.91. The minimum Gasteiger partial charge on any atom is -0.267 e. The summed E-state index contributed by atoms with van der Waals surface area (Å²) in [6, 6.07) is 9.33. The Hall–Kier alpha value is -2.22. The molecular weight excluding hydrogens is 414 g/mol. The molecule has 3 aromatic rings. The summed E-state index contributed by atoms with van der Waals surface area (Å²) in [4.78, 5) is 12.5. The van der Waals surface area contributed by atoms with Crippen molar-refractivity contribution in [2.45, 2.75) is 11.3 Å². The molecule has 2 heterocycles. The van der Waals surface area contributed by atoms with E-state index in [1.807, 2.05) is 0 Å². The van der Waals surface area contributed by atoms with Crippen LogP contribution in [0.4, 0.5) is 4.39 Å². The fourth-order valence-electron chi connectivity index (χ4n) is 3.02. The van der Waals surface area contributed by atoms with Gasteiger partial charge in [0, 0.05) is 11.6 Å². The fraction of sp³-hybridized carbons (Fsp3) is 0.111. The van der Waals surface area contributed by atoms with Gasteiger partial charge in [0.05, 0.1) is 32.1 Å².